The van der Waals surface area contributed by atoms with Crippen molar-refractivity contribution < 1.29 is 14.3 Å². The quantitative estimate of drug-likeness (QED) is 0.654. The molecule has 1 atom stereocenters. The molecule has 2 saturated carbocycles. The standard InChI is InChI=1S/C21H30N4O3/c1-22-17(13-28-14-26)3-4-20(27)25-11-16(12-25)19-10-23-18(9-24-19)15-7-21(8-15)5-2-6-21/h9-10,14-17,22H,2-8,11-13H2,1H3. The number of amides is 1. The van der Waals surface area contributed by atoms with Crippen LogP contribution in [0, 0.1) is 5.41 Å². The number of carbonyl (C=O) groups is 2. The van der Waals surface area contributed by atoms with Gasteiger partial charge < -0.3 is 15.0 Å². The third-order valence-electron chi connectivity index (χ3n) is 7.02. The summed E-state index contributed by atoms with van der Waals surface area (Å²) in [6.07, 6.45) is 11.8. The Balaban J connectivity index is 1.19. The fourth-order valence-electron chi connectivity index (χ4n) is 4.84. The number of ether oxygens (including phenoxy) is 1. The molecule has 0 bridgehead atoms. The second kappa shape index (κ2) is 8.15. The molecule has 28 heavy (non-hydrogen) atoms. The van der Waals surface area contributed by atoms with Crippen LogP contribution in [-0.4, -0.2) is 60.0 Å². The van der Waals surface area contributed by atoms with Crippen LogP contribution in [0.1, 0.15) is 68.2 Å². The van der Waals surface area contributed by atoms with E-state index in [1.807, 2.05) is 17.3 Å². The molecule has 152 valence electrons. The first kappa shape index (κ1) is 19.3. The number of hydrogen-bond acceptors (Lipinski definition) is 6. The summed E-state index contributed by atoms with van der Waals surface area (Å²) in [5.74, 6) is 1.04. The molecule has 7 heteroatoms. The number of aromatic nitrogens is 2. The van der Waals surface area contributed by atoms with Crippen LogP contribution in [0.25, 0.3) is 0 Å². The lowest BCUT2D eigenvalue weighted by atomic mass is 9.51. The first-order chi connectivity index (χ1) is 13.6. The SMILES string of the molecule is CNC(CCC(=O)N1CC(c2cnc(C3CC4(CCC4)C3)cn2)C1)COC=O. The van der Waals surface area contributed by atoms with Gasteiger partial charge in [-0.2, -0.15) is 0 Å². The molecule has 4 rings (SSSR count). The van der Waals surface area contributed by atoms with Gasteiger partial charge in [-0.1, -0.05) is 6.42 Å². The van der Waals surface area contributed by atoms with Crippen LogP contribution in [0.3, 0.4) is 0 Å². The highest BCUT2D eigenvalue weighted by atomic mass is 16.5. The van der Waals surface area contributed by atoms with Gasteiger partial charge in [-0.15, -0.1) is 0 Å². The van der Waals surface area contributed by atoms with Crippen molar-refractivity contribution in [2.24, 2.45) is 5.41 Å². The average molecular weight is 386 g/mol. The van der Waals surface area contributed by atoms with E-state index in [1.54, 1.807) is 7.05 Å². The van der Waals surface area contributed by atoms with Gasteiger partial charge in [0.25, 0.3) is 6.47 Å². The summed E-state index contributed by atoms with van der Waals surface area (Å²) >= 11 is 0. The lowest BCUT2D eigenvalue weighted by molar-refractivity contribution is -0.136. The summed E-state index contributed by atoms with van der Waals surface area (Å²) in [4.78, 5) is 33.8. The van der Waals surface area contributed by atoms with E-state index in [4.69, 9.17) is 4.74 Å². The van der Waals surface area contributed by atoms with Crippen molar-refractivity contribution in [2.75, 3.05) is 26.7 Å². The molecule has 1 aromatic rings. The Hall–Kier alpha value is -2.02. The molecule has 1 amide bonds. The van der Waals surface area contributed by atoms with Crippen LogP contribution in [0.2, 0.25) is 0 Å². The van der Waals surface area contributed by atoms with Crippen molar-refractivity contribution in [3.63, 3.8) is 0 Å². The Labute approximate surface area is 166 Å². The third-order valence-corrected chi connectivity index (χ3v) is 7.02. The Morgan fingerprint density at radius 2 is 1.96 bits per heavy atom. The molecule has 3 fully saturated rings. The van der Waals surface area contributed by atoms with Crippen molar-refractivity contribution in [3.8, 4) is 0 Å². The molecule has 1 N–H and O–H groups in total. The Kier molecular flexibility index (Phi) is 5.62. The highest BCUT2D eigenvalue weighted by molar-refractivity contribution is 5.77. The number of likely N-dealkylation sites (N-methyl/N-ethyl adjacent to an activating group) is 1. The minimum absolute atomic E-state index is 0.00946. The molecule has 1 aromatic heterocycles. The van der Waals surface area contributed by atoms with Crippen LogP contribution >= 0.6 is 0 Å². The summed E-state index contributed by atoms with van der Waals surface area (Å²) in [6.45, 7) is 2.16. The van der Waals surface area contributed by atoms with Gasteiger partial charge in [-0.3, -0.25) is 19.6 Å². The van der Waals surface area contributed by atoms with Gasteiger partial charge in [-0.25, -0.2) is 0 Å². The predicted octanol–water partition coefficient (Wildman–Crippen LogP) is 1.99. The maximum atomic E-state index is 12.3. The summed E-state index contributed by atoms with van der Waals surface area (Å²) in [5.41, 5.74) is 2.80. The number of carbonyl (C=O) groups excluding carboxylic acids is 2. The average Bonchev–Trinajstić information content (AvgIpc) is 2.59. The Morgan fingerprint density at radius 3 is 2.50 bits per heavy atom. The zero-order valence-corrected chi connectivity index (χ0v) is 16.6. The number of rotatable bonds is 9. The van der Waals surface area contributed by atoms with E-state index in [0.717, 1.165) is 11.4 Å². The highest BCUT2D eigenvalue weighted by Crippen LogP contribution is 2.61. The molecule has 1 saturated heterocycles. The van der Waals surface area contributed by atoms with Gasteiger partial charge in [0, 0.05) is 49.8 Å². The van der Waals surface area contributed by atoms with Crippen molar-refractivity contribution >= 4 is 12.4 Å². The summed E-state index contributed by atoms with van der Waals surface area (Å²) in [5, 5.41) is 3.07. The van der Waals surface area contributed by atoms with Crippen LogP contribution < -0.4 is 5.32 Å². The van der Waals surface area contributed by atoms with E-state index in [1.165, 1.54) is 32.1 Å². The van der Waals surface area contributed by atoms with Gasteiger partial charge in [0.05, 0.1) is 11.4 Å². The minimum Gasteiger partial charge on any atom is -0.466 e. The van der Waals surface area contributed by atoms with Gasteiger partial charge in [0.15, 0.2) is 0 Å². The predicted molar refractivity (Wildman–Crippen MR) is 104 cm³/mol. The van der Waals surface area contributed by atoms with Crippen LogP contribution in [0.4, 0.5) is 0 Å². The first-order valence-electron chi connectivity index (χ1n) is 10.4. The maximum Gasteiger partial charge on any atom is 0.293 e. The number of nitrogens with one attached hydrogen (secondary N) is 1. The molecular weight excluding hydrogens is 356 g/mol. The topological polar surface area (TPSA) is 84.4 Å². The fourth-order valence-corrected chi connectivity index (χ4v) is 4.84. The molecule has 1 aliphatic heterocycles. The van der Waals surface area contributed by atoms with Crippen LogP contribution in [0.5, 0.6) is 0 Å². The highest BCUT2D eigenvalue weighted by Gasteiger charge is 2.49. The molecule has 1 spiro atoms. The van der Waals surface area contributed by atoms with Gasteiger partial charge >= 0.3 is 0 Å². The van der Waals surface area contributed by atoms with E-state index in [-0.39, 0.29) is 11.9 Å². The van der Waals surface area contributed by atoms with E-state index >= 15 is 0 Å². The van der Waals surface area contributed by atoms with E-state index in [9.17, 15) is 9.59 Å². The van der Waals surface area contributed by atoms with Crippen LogP contribution in [-0.2, 0) is 14.3 Å². The van der Waals surface area contributed by atoms with Gasteiger partial charge in [0.2, 0.25) is 5.91 Å². The second-order valence-electron chi connectivity index (χ2n) is 8.77. The first-order valence-corrected chi connectivity index (χ1v) is 10.4. The molecule has 7 nitrogen and oxygen atoms in total. The smallest absolute Gasteiger partial charge is 0.293 e. The lowest BCUT2D eigenvalue weighted by Crippen LogP contribution is -2.49. The molecule has 1 unspecified atom stereocenters. The monoisotopic (exact) mass is 386 g/mol. The number of hydrogen-bond donors (Lipinski definition) is 1. The van der Waals surface area contributed by atoms with E-state index < -0.39 is 0 Å². The summed E-state index contributed by atoms with van der Waals surface area (Å²) in [7, 11) is 1.81. The van der Waals surface area contributed by atoms with Crippen LogP contribution in [0.15, 0.2) is 12.4 Å². The van der Waals surface area contributed by atoms with E-state index in [2.05, 4.69) is 15.3 Å². The largest absolute Gasteiger partial charge is 0.466 e. The molecule has 2 heterocycles. The Bertz CT molecular complexity index is 690. The molecule has 0 aromatic carbocycles. The zero-order chi connectivity index (χ0) is 19.6. The zero-order valence-electron chi connectivity index (χ0n) is 16.6. The molecular formula is C21H30N4O3. The molecule has 2 aliphatic carbocycles. The molecule has 0 radical (unpaired) electrons. The normalized spacial score (nSPS) is 22.1. The van der Waals surface area contributed by atoms with Crippen molar-refractivity contribution in [1.82, 2.24) is 20.2 Å². The number of likely N-dealkylation sites (tertiary alicyclic amines) is 1. The lowest BCUT2D eigenvalue weighted by Gasteiger charge is -2.54. The van der Waals surface area contributed by atoms with E-state index in [0.29, 0.717) is 56.3 Å². The van der Waals surface area contributed by atoms with Gasteiger partial charge in [0.1, 0.15) is 6.61 Å². The van der Waals surface area contributed by atoms with Crippen molar-refractivity contribution in [3.05, 3.63) is 23.8 Å². The fraction of sp³-hybridized carbons (Fsp3) is 0.714. The van der Waals surface area contributed by atoms with Crippen molar-refractivity contribution in [1.29, 1.82) is 0 Å². The summed E-state index contributed by atoms with van der Waals surface area (Å²) < 4.78 is 4.77. The minimum atomic E-state index is 0.00946. The molecule has 3 aliphatic rings. The third kappa shape index (κ3) is 3.90. The maximum absolute atomic E-state index is 12.3. The summed E-state index contributed by atoms with van der Waals surface area (Å²) in [6, 6.07) is 0.00946. The van der Waals surface area contributed by atoms with Crippen molar-refractivity contribution in [2.45, 2.75) is 62.8 Å². The van der Waals surface area contributed by atoms with Gasteiger partial charge in [-0.05, 0) is 44.6 Å². The Morgan fingerprint density at radius 1 is 1.29 bits per heavy atom. The second-order valence-corrected chi connectivity index (χ2v) is 8.77. The number of nitrogens with zero attached hydrogens (tertiary/aromatic N) is 3.